The molecule has 2 heterocycles. The van der Waals surface area contributed by atoms with Gasteiger partial charge in [-0.3, -0.25) is 0 Å². The molecule has 4 rings (SSSR count). The van der Waals surface area contributed by atoms with E-state index in [1.807, 2.05) is 0 Å². The molecule has 320 valence electrons. The Hall–Kier alpha value is -5.52. The molecule has 0 saturated carbocycles. The van der Waals surface area contributed by atoms with E-state index in [1.54, 1.807) is 0 Å². The van der Waals surface area contributed by atoms with Gasteiger partial charge in [-0.25, -0.2) is 10.6 Å². The van der Waals surface area contributed by atoms with Gasteiger partial charge in [-0.05, 0) is 12.1 Å². The zero-order chi connectivity index (χ0) is 42.0. The lowest BCUT2D eigenvalue weighted by molar-refractivity contribution is -0.112. The van der Waals surface area contributed by atoms with Gasteiger partial charge in [-0.1, -0.05) is 0 Å². The molecule has 0 aliphatic carbocycles. The molecular formula is C37H51N5O16. The van der Waals surface area contributed by atoms with E-state index in [0.717, 1.165) is 30.3 Å². The standard InChI is InChI=1S/C37H51N5O16/c38-2-5-52-8-10-54-12-14-55-13-11-53-9-7-51-4-1-24(39)21-42(40)3-6-56-35-32-26(44)19-25(43)20-29(32)57-34(22-15-27(45)33(49)28(46)16-22)36(35)58-37(50)23-17-30(47)41-31(48)18-23/h15-21,34-36,43-46,49H,1-14,38-40H2,(H2,41,47,48)/b24-21-. The van der Waals surface area contributed by atoms with Crippen molar-refractivity contribution in [2.24, 2.45) is 17.3 Å². The van der Waals surface area contributed by atoms with Gasteiger partial charge in [0.1, 0.15) is 23.4 Å². The maximum atomic E-state index is 13.4. The number of hydrogen-bond donors (Lipinski definition) is 10. The molecule has 21 heteroatoms. The number of carbonyl (C=O) groups excluding carboxylic acids is 1. The zero-order valence-corrected chi connectivity index (χ0v) is 31.6. The number of carbonyl (C=O) groups is 1. The summed E-state index contributed by atoms with van der Waals surface area (Å²) in [7, 11) is 0. The van der Waals surface area contributed by atoms with Crippen molar-refractivity contribution in [1.29, 1.82) is 0 Å². The number of esters is 1. The highest BCUT2D eigenvalue weighted by Gasteiger charge is 2.45. The van der Waals surface area contributed by atoms with Crippen LogP contribution in [0.15, 0.2) is 48.3 Å². The normalized spacial score (nSPS) is 16.4. The Morgan fingerprint density at radius 2 is 1.29 bits per heavy atom. The van der Waals surface area contributed by atoms with Crippen molar-refractivity contribution in [2.45, 2.75) is 24.7 Å². The number of phenols is 5. The summed E-state index contributed by atoms with van der Waals surface area (Å²) >= 11 is 0. The minimum absolute atomic E-state index is 0.0105. The van der Waals surface area contributed by atoms with Crippen molar-refractivity contribution in [2.75, 3.05) is 85.8 Å². The Kier molecular flexibility index (Phi) is 17.9. The molecule has 21 nitrogen and oxygen atoms in total. The van der Waals surface area contributed by atoms with Gasteiger partial charge in [-0.2, -0.15) is 4.98 Å². The summed E-state index contributed by atoms with van der Waals surface area (Å²) in [6.07, 6.45) is -2.52. The molecule has 0 radical (unpaired) electrons. The molecule has 3 unspecified atom stereocenters. The van der Waals surface area contributed by atoms with Crippen LogP contribution in [-0.2, 0) is 33.2 Å². The molecule has 3 aromatic rings. The van der Waals surface area contributed by atoms with Crippen LogP contribution in [0.2, 0.25) is 0 Å². The Bertz CT molecular complexity index is 1760. The topological polar surface area (TPSA) is 327 Å². The molecule has 0 amide bonds. The van der Waals surface area contributed by atoms with Crippen LogP contribution in [0, 0.1) is 0 Å². The fraction of sp³-hybridized carbons (Fsp3) is 0.459. The molecule has 13 N–H and O–H groups in total. The summed E-state index contributed by atoms with van der Waals surface area (Å²) in [5.41, 5.74) is 11.5. The Balaban J connectivity index is 1.33. The summed E-state index contributed by atoms with van der Waals surface area (Å²) in [5, 5.41) is 72.8. The van der Waals surface area contributed by atoms with E-state index in [9.17, 15) is 40.5 Å². The molecular weight excluding hydrogens is 770 g/mol. The summed E-state index contributed by atoms with van der Waals surface area (Å²) < 4.78 is 45.1. The van der Waals surface area contributed by atoms with Crippen LogP contribution < -0.4 is 22.0 Å². The number of hydrazine groups is 1. The predicted octanol–water partition coefficient (Wildman–Crippen LogP) is 0.845. The van der Waals surface area contributed by atoms with Gasteiger partial charge in [0.15, 0.2) is 29.5 Å². The average Bonchev–Trinajstić information content (AvgIpc) is 3.16. The molecule has 1 aromatic heterocycles. The number of aromatic hydroxyl groups is 7. The van der Waals surface area contributed by atoms with Gasteiger partial charge in [-0.15, -0.1) is 0 Å². The lowest BCUT2D eigenvalue weighted by atomic mass is 9.90. The first kappa shape index (κ1) is 45.2. The smallest absolute Gasteiger partial charge is 0.339 e. The number of nitrogens with zero attached hydrogens (tertiary/aromatic N) is 2. The second-order valence-corrected chi connectivity index (χ2v) is 12.6. The number of pyridine rings is 1. The summed E-state index contributed by atoms with van der Waals surface area (Å²) in [6, 6.07) is 6.13. The number of fused-ring (bicyclic) bond motifs is 1. The average molecular weight is 822 g/mol. The monoisotopic (exact) mass is 821 g/mol. The second-order valence-electron chi connectivity index (χ2n) is 12.6. The Labute approximate surface area is 333 Å². The number of rotatable bonds is 25. The molecule has 0 bridgehead atoms. The van der Waals surface area contributed by atoms with E-state index in [0.29, 0.717) is 78.1 Å². The van der Waals surface area contributed by atoms with Crippen molar-refractivity contribution in [3.63, 3.8) is 0 Å². The van der Waals surface area contributed by atoms with E-state index in [-0.39, 0.29) is 42.2 Å². The highest BCUT2D eigenvalue weighted by Crippen LogP contribution is 2.51. The molecule has 2 aromatic carbocycles. The van der Waals surface area contributed by atoms with Crippen molar-refractivity contribution in [3.05, 3.63) is 65.0 Å². The molecule has 0 fully saturated rings. The molecule has 1 aliphatic rings. The van der Waals surface area contributed by atoms with Gasteiger partial charge >= 0.3 is 5.97 Å². The predicted molar refractivity (Wildman–Crippen MR) is 201 cm³/mol. The van der Waals surface area contributed by atoms with Crippen LogP contribution in [-0.4, -0.2) is 144 Å². The van der Waals surface area contributed by atoms with Gasteiger partial charge in [0.25, 0.3) is 0 Å². The van der Waals surface area contributed by atoms with E-state index >= 15 is 0 Å². The van der Waals surface area contributed by atoms with E-state index in [2.05, 4.69) is 4.98 Å². The van der Waals surface area contributed by atoms with Gasteiger partial charge in [0, 0.05) is 54.7 Å². The third kappa shape index (κ3) is 13.8. The quantitative estimate of drug-likeness (QED) is 0.0186. The largest absolute Gasteiger partial charge is 0.508 e. The number of nitrogens with two attached hydrogens (primary N) is 3. The summed E-state index contributed by atoms with van der Waals surface area (Å²) in [6.45, 7) is 4.43. The molecule has 0 spiro atoms. The van der Waals surface area contributed by atoms with Crippen molar-refractivity contribution >= 4 is 5.97 Å². The highest BCUT2D eigenvalue weighted by atomic mass is 16.6. The van der Waals surface area contributed by atoms with Crippen LogP contribution >= 0.6 is 0 Å². The highest BCUT2D eigenvalue weighted by molar-refractivity contribution is 5.90. The van der Waals surface area contributed by atoms with Crippen molar-refractivity contribution in [1.82, 2.24) is 9.99 Å². The van der Waals surface area contributed by atoms with Gasteiger partial charge in [0.05, 0.1) is 90.3 Å². The maximum absolute atomic E-state index is 13.4. The van der Waals surface area contributed by atoms with Crippen molar-refractivity contribution in [3.8, 4) is 46.3 Å². The molecule has 3 atom stereocenters. The van der Waals surface area contributed by atoms with Crippen LogP contribution in [0.1, 0.15) is 40.1 Å². The molecule has 58 heavy (non-hydrogen) atoms. The van der Waals surface area contributed by atoms with E-state index in [4.69, 9.17) is 55.2 Å². The van der Waals surface area contributed by atoms with Crippen LogP contribution in [0.4, 0.5) is 0 Å². The zero-order valence-electron chi connectivity index (χ0n) is 31.6. The number of benzene rings is 2. The van der Waals surface area contributed by atoms with Crippen LogP contribution in [0.25, 0.3) is 0 Å². The Morgan fingerprint density at radius 1 is 0.741 bits per heavy atom. The first-order valence-electron chi connectivity index (χ1n) is 18.1. The first-order valence-corrected chi connectivity index (χ1v) is 18.1. The fourth-order valence-corrected chi connectivity index (χ4v) is 5.55. The first-order chi connectivity index (χ1) is 27.9. The minimum atomic E-state index is -1.53. The number of phenolic OH excluding ortho intramolecular Hbond substituents is 5. The van der Waals surface area contributed by atoms with Crippen LogP contribution in [0.3, 0.4) is 0 Å². The van der Waals surface area contributed by atoms with E-state index in [1.165, 1.54) is 17.3 Å². The van der Waals surface area contributed by atoms with E-state index < -0.39 is 64.8 Å². The third-order valence-corrected chi connectivity index (χ3v) is 8.20. The van der Waals surface area contributed by atoms with Gasteiger partial charge in [0.2, 0.25) is 11.8 Å². The van der Waals surface area contributed by atoms with Crippen LogP contribution in [0.5, 0.6) is 46.3 Å². The lowest BCUT2D eigenvalue weighted by Gasteiger charge is -2.39. The second kappa shape index (κ2) is 23.0. The summed E-state index contributed by atoms with van der Waals surface area (Å²) in [5.74, 6) is 0.388. The fourth-order valence-electron chi connectivity index (χ4n) is 5.55. The molecule has 0 saturated heterocycles. The van der Waals surface area contributed by atoms with Crippen molar-refractivity contribution < 1.29 is 78.4 Å². The maximum Gasteiger partial charge on any atom is 0.339 e. The Morgan fingerprint density at radius 3 is 1.86 bits per heavy atom. The SMILES string of the molecule is NCCOCCOCCOCCOCCOCC/C(N)=C/N(N)CCOC1c2c(O)cc(O)cc2OC(c2cc(O)c(O)c(O)c2)C1OC(=O)c1cc(O)nc(O)c1. The molecule has 1 aliphatic heterocycles. The number of hydrogen-bond acceptors (Lipinski definition) is 21. The number of aromatic nitrogens is 1. The summed E-state index contributed by atoms with van der Waals surface area (Å²) in [4.78, 5) is 16.8. The van der Waals surface area contributed by atoms with Gasteiger partial charge < -0.3 is 90.1 Å². The number of ether oxygens (including phenoxy) is 8. The minimum Gasteiger partial charge on any atom is -0.508 e. The lowest BCUT2D eigenvalue weighted by Crippen LogP contribution is -2.40. The third-order valence-electron chi connectivity index (χ3n) is 8.20.